The van der Waals surface area contributed by atoms with Crippen molar-refractivity contribution in [1.82, 2.24) is 9.80 Å². The Balaban J connectivity index is 0.00000240. The van der Waals surface area contributed by atoms with Crippen molar-refractivity contribution < 1.29 is 26.7 Å². The second-order valence-electron chi connectivity index (χ2n) is 7.96. The van der Waals surface area contributed by atoms with Crippen LogP contribution in [0.25, 0.3) is 0 Å². The lowest BCUT2D eigenvalue weighted by Gasteiger charge is -2.37. The van der Waals surface area contributed by atoms with Gasteiger partial charge in [0.25, 0.3) is 0 Å². The van der Waals surface area contributed by atoms with Gasteiger partial charge < -0.3 is 4.90 Å². The molecule has 0 spiro atoms. The summed E-state index contributed by atoms with van der Waals surface area (Å²) in [7, 11) is 0. The molecule has 0 radical (unpaired) electrons. The summed E-state index contributed by atoms with van der Waals surface area (Å²) in [5.74, 6) is -8.73. The molecule has 4 nitrogen and oxygen atoms in total. The molecule has 31 heavy (non-hydrogen) atoms. The molecule has 0 bridgehead atoms. The average molecular weight is 492 g/mol. The van der Waals surface area contributed by atoms with E-state index in [-0.39, 0.29) is 43.7 Å². The molecule has 0 unspecified atom stereocenters. The Bertz CT molecular complexity index is 726. The van der Waals surface area contributed by atoms with Gasteiger partial charge in [-0.05, 0) is 51.7 Å². The first-order valence-electron chi connectivity index (χ1n) is 9.98. The fourth-order valence-corrected chi connectivity index (χ4v) is 4.18. The second kappa shape index (κ2) is 12.2. The Morgan fingerprint density at radius 3 is 1.74 bits per heavy atom. The molecule has 0 aliphatic carbocycles. The van der Waals surface area contributed by atoms with E-state index in [4.69, 9.17) is 0 Å². The number of rotatable bonds is 6. The fourth-order valence-electron chi connectivity index (χ4n) is 4.18. The van der Waals surface area contributed by atoms with Gasteiger partial charge in [-0.2, -0.15) is 0 Å². The van der Waals surface area contributed by atoms with Crippen molar-refractivity contribution in [2.24, 2.45) is 5.92 Å². The molecule has 3 rings (SSSR count). The Labute approximate surface area is 191 Å². The maximum absolute atomic E-state index is 14.0. The zero-order valence-electron chi connectivity index (χ0n) is 17.3. The van der Waals surface area contributed by atoms with Crippen LogP contribution in [0.1, 0.15) is 26.2 Å². The molecule has 0 N–H and O–H groups in total. The highest BCUT2D eigenvalue weighted by molar-refractivity contribution is 5.85. The zero-order valence-corrected chi connectivity index (χ0v) is 18.9. The number of halogens is 7. The zero-order chi connectivity index (χ0) is 21.1. The van der Waals surface area contributed by atoms with Crippen molar-refractivity contribution in [3.05, 3.63) is 29.1 Å². The van der Waals surface area contributed by atoms with Gasteiger partial charge in [-0.1, -0.05) is 0 Å². The number of hydrogen-bond acceptors (Lipinski definition) is 4. The van der Waals surface area contributed by atoms with E-state index in [2.05, 4.69) is 9.80 Å². The third-order valence-corrected chi connectivity index (χ3v) is 5.88. The van der Waals surface area contributed by atoms with Crippen LogP contribution >= 0.6 is 24.8 Å². The monoisotopic (exact) mass is 491 g/mol. The molecular formula is C20H28Cl2F5N3O. The Morgan fingerprint density at radius 1 is 0.774 bits per heavy atom. The van der Waals surface area contributed by atoms with Gasteiger partial charge >= 0.3 is 0 Å². The SMILES string of the molecule is CC(=O)CN1CCC(CCN2CCN(c3c(F)c(F)c(F)c(F)c3F)CC2)CC1.Cl.Cl. The van der Waals surface area contributed by atoms with Crippen LogP contribution in [0.3, 0.4) is 0 Å². The van der Waals surface area contributed by atoms with Gasteiger partial charge in [0.1, 0.15) is 11.5 Å². The maximum atomic E-state index is 14.0. The van der Waals surface area contributed by atoms with Crippen LogP contribution in [-0.2, 0) is 4.79 Å². The van der Waals surface area contributed by atoms with E-state index in [1.807, 2.05) is 0 Å². The summed E-state index contributed by atoms with van der Waals surface area (Å²) in [4.78, 5) is 16.7. The molecule has 0 saturated carbocycles. The van der Waals surface area contributed by atoms with Crippen LogP contribution in [0.15, 0.2) is 0 Å². The van der Waals surface area contributed by atoms with Crippen molar-refractivity contribution in [2.45, 2.75) is 26.2 Å². The molecule has 178 valence electrons. The van der Waals surface area contributed by atoms with Crippen LogP contribution in [-0.4, -0.2) is 67.9 Å². The minimum Gasteiger partial charge on any atom is -0.364 e. The first-order valence-corrected chi connectivity index (χ1v) is 9.98. The van der Waals surface area contributed by atoms with Crippen molar-refractivity contribution in [2.75, 3.05) is 57.3 Å². The van der Waals surface area contributed by atoms with Crippen molar-refractivity contribution in [3.8, 4) is 0 Å². The van der Waals surface area contributed by atoms with Crippen LogP contribution in [0.5, 0.6) is 0 Å². The molecule has 2 saturated heterocycles. The molecule has 2 aliphatic heterocycles. The summed E-state index contributed by atoms with van der Waals surface area (Å²) in [5.41, 5.74) is -0.834. The number of carbonyl (C=O) groups is 1. The summed E-state index contributed by atoms with van der Waals surface area (Å²) >= 11 is 0. The number of anilines is 1. The lowest BCUT2D eigenvalue weighted by Crippen LogP contribution is -2.48. The highest BCUT2D eigenvalue weighted by atomic mass is 35.5. The Morgan fingerprint density at radius 2 is 1.26 bits per heavy atom. The summed E-state index contributed by atoms with van der Waals surface area (Å²) in [6.45, 7) is 6.18. The fraction of sp³-hybridized carbons (Fsp3) is 0.650. The lowest BCUT2D eigenvalue weighted by atomic mass is 9.93. The highest BCUT2D eigenvalue weighted by Gasteiger charge is 2.31. The van der Waals surface area contributed by atoms with Gasteiger partial charge in [0, 0.05) is 26.2 Å². The van der Waals surface area contributed by atoms with Crippen LogP contribution in [0.2, 0.25) is 0 Å². The van der Waals surface area contributed by atoms with Crippen molar-refractivity contribution >= 4 is 36.3 Å². The van der Waals surface area contributed by atoms with E-state index in [0.717, 1.165) is 38.9 Å². The first-order chi connectivity index (χ1) is 13.8. The molecule has 2 aliphatic rings. The van der Waals surface area contributed by atoms with Gasteiger partial charge in [-0.15, -0.1) is 24.8 Å². The predicted octanol–water partition coefficient (Wildman–Crippen LogP) is 4.04. The molecule has 0 atom stereocenters. The van der Waals surface area contributed by atoms with E-state index in [1.165, 1.54) is 4.90 Å². The number of benzene rings is 1. The molecule has 1 aromatic rings. The number of carbonyl (C=O) groups excluding carboxylic acids is 1. The standard InChI is InChI=1S/C20H26F5N3O.2ClH/c1-13(29)12-27-6-3-14(4-7-27)2-5-26-8-10-28(11-9-26)20-18(24)16(22)15(21)17(23)19(20)25;;/h14H,2-12H2,1H3;2*1H. The minimum atomic E-state index is -2.13. The summed E-state index contributed by atoms with van der Waals surface area (Å²) in [6, 6.07) is 0. The number of ketones is 1. The van der Waals surface area contributed by atoms with Gasteiger partial charge in [0.15, 0.2) is 23.3 Å². The van der Waals surface area contributed by atoms with E-state index in [1.54, 1.807) is 6.92 Å². The van der Waals surface area contributed by atoms with Crippen LogP contribution < -0.4 is 4.90 Å². The number of likely N-dealkylation sites (tertiary alicyclic amines) is 1. The molecule has 2 fully saturated rings. The average Bonchev–Trinajstić information content (AvgIpc) is 2.71. The third kappa shape index (κ3) is 6.66. The molecule has 0 aromatic heterocycles. The summed E-state index contributed by atoms with van der Waals surface area (Å²) in [5, 5.41) is 0. The molecule has 11 heteroatoms. The van der Waals surface area contributed by atoms with Gasteiger partial charge in [-0.25, -0.2) is 22.0 Å². The van der Waals surface area contributed by atoms with Crippen molar-refractivity contribution in [3.63, 3.8) is 0 Å². The number of nitrogens with zero attached hydrogens (tertiary/aromatic N) is 3. The smallest absolute Gasteiger partial charge is 0.200 e. The summed E-state index contributed by atoms with van der Waals surface area (Å²) < 4.78 is 68.1. The van der Waals surface area contributed by atoms with Gasteiger partial charge in [0.05, 0.1) is 6.54 Å². The van der Waals surface area contributed by atoms with Crippen molar-refractivity contribution in [1.29, 1.82) is 0 Å². The van der Waals surface area contributed by atoms with E-state index in [9.17, 15) is 26.7 Å². The Hall–Kier alpha value is -1.16. The van der Waals surface area contributed by atoms with E-state index < -0.39 is 34.8 Å². The largest absolute Gasteiger partial charge is 0.364 e. The topological polar surface area (TPSA) is 26.8 Å². The van der Waals surface area contributed by atoms with Crippen LogP contribution in [0.4, 0.5) is 27.6 Å². The number of hydrogen-bond donors (Lipinski definition) is 0. The van der Waals surface area contributed by atoms with Crippen LogP contribution in [0, 0.1) is 35.0 Å². The molecule has 0 amide bonds. The Kier molecular flexibility index (Phi) is 11.0. The van der Waals surface area contributed by atoms with E-state index in [0.29, 0.717) is 25.6 Å². The summed E-state index contributed by atoms with van der Waals surface area (Å²) in [6.07, 6.45) is 3.08. The maximum Gasteiger partial charge on any atom is 0.200 e. The molecule has 2 heterocycles. The van der Waals surface area contributed by atoms with Gasteiger partial charge in [0.2, 0.25) is 5.82 Å². The molecule has 1 aromatic carbocycles. The number of Topliss-reactive ketones (excluding diaryl/α,β-unsaturated/α-hetero) is 1. The number of piperidine rings is 1. The minimum absolute atomic E-state index is 0. The second-order valence-corrected chi connectivity index (χ2v) is 7.96. The quantitative estimate of drug-likeness (QED) is 0.341. The number of piperazine rings is 1. The third-order valence-electron chi connectivity index (χ3n) is 5.88. The van der Waals surface area contributed by atoms with E-state index >= 15 is 0 Å². The predicted molar refractivity (Wildman–Crippen MR) is 114 cm³/mol. The lowest BCUT2D eigenvalue weighted by molar-refractivity contribution is -0.118. The molecular weight excluding hydrogens is 464 g/mol. The van der Waals surface area contributed by atoms with Gasteiger partial charge in [-0.3, -0.25) is 14.6 Å². The highest BCUT2D eigenvalue weighted by Crippen LogP contribution is 2.31. The normalized spacial score (nSPS) is 18.5. The first kappa shape index (κ1) is 27.9.